The van der Waals surface area contributed by atoms with Gasteiger partial charge in [0.25, 0.3) is 5.91 Å². The van der Waals surface area contributed by atoms with Crippen LogP contribution in [-0.4, -0.2) is 52.5 Å². The molecule has 0 radical (unpaired) electrons. The van der Waals surface area contributed by atoms with Crippen LogP contribution in [0.25, 0.3) is 10.9 Å². The van der Waals surface area contributed by atoms with Gasteiger partial charge in [0.2, 0.25) is 11.8 Å². The maximum Gasteiger partial charge on any atom is 0.270 e. The van der Waals surface area contributed by atoms with Crippen molar-refractivity contribution in [3.63, 3.8) is 0 Å². The van der Waals surface area contributed by atoms with Crippen molar-refractivity contribution in [2.45, 2.75) is 31.0 Å². The zero-order valence-corrected chi connectivity index (χ0v) is 18.0. The molecule has 7 N–H and O–H groups in total. The molecule has 1 heterocycles. The first kappa shape index (κ1) is 23.8. The van der Waals surface area contributed by atoms with E-state index in [4.69, 9.17) is 11.5 Å². The standard InChI is InChI=1S/C24H27N5O4/c25-14-21(30)19(12-15-6-2-1-3-7-15)28-24(33)20(13-22(26)31)29-23(32)18-11-10-16-8-4-5-9-17(16)27-18/h1-11,19-21,30H,12-14,25H2,(H2,26,31)(H,28,33)(H,29,32)/t19-,20-,21+/m0/s1. The van der Waals surface area contributed by atoms with Gasteiger partial charge in [-0.05, 0) is 24.1 Å². The van der Waals surface area contributed by atoms with Crippen LogP contribution < -0.4 is 22.1 Å². The van der Waals surface area contributed by atoms with Crippen molar-refractivity contribution >= 4 is 28.6 Å². The quantitative estimate of drug-likeness (QED) is 0.298. The number of nitrogens with two attached hydrogens (primary N) is 2. The molecule has 0 fully saturated rings. The Balaban J connectivity index is 1.75. The van der Waals surface area contributed by atoms with Crippen LogP contribution in [0.15, 0.2) is 66.7 Å². The van der Waals surface area contributed by atoms with Gasteiger partial charge in [-0.2, -0.15) is 0 Å². The third-order valence-corrected chi connectivity index (χ3v) is 5.19. The number of rotatable bonds is 10. The molecule has 0 aliphatic heterocycles. The Labute approximate surface area is 191 Å². The fourth-order valence-electron chi connectivity index (χ4n) is 3.43. The maximum atomic E-state index is 13.0. The Hall–Kier alpha value is -3.82. The van der Waals surface area contributed by atoms with E-state index in [0.717, 1.165) is 10.9 Å². The summed E-state index contributed by atoms with van der Waals surface area (Å²) >= 11 is 0. The molecular formula is C24H27N5O4. The van der Waals surface area contributed by atoms with E-state index in [0.29, 0.717) is 11.9 Å². The first-order valence-corrected chi connectivity index (χ1v) is 10.5. The normalized spacial score (nSPS) is 13.6. The lowest BCUT2D eigenvalue weighted by molar-refractivity contribution is -0.128. The first-order valence-electron chi connectivity index (χ1n) is 10.5. The van der Waals surface area contributed by atoms with Gasteiger partial charge in [-0.25, -0.2) is 4.98 Å². The number of aliphatic hydroxyl groups excluding tert-OH is 1. The lowest BCUT2D eigenvalue weighted by Gasteiger charge is -2.26. The van der Waals surface area contributed by atoms with Crippen LogP contribution in [0.3, 0.4) is 0 Å². The number of fused-ring (bicyclic) bond motifs is 1. The van der Waals surface area contributed by atoms with Crippen LogP contribution in [0.2, 0.25) is 0 Å². The van der Waals surface area contributed by atoms with Crippen molar-refractivity contribution in [2.75, 3.05) is 6.54 Å². The summed E-state index contributed by atoms with van der Waals surface area (Å²) in [5.41, 5.74) is 12.5. The average Bonchev–Trinajstić information content (AvgIpc) is 2.82. The van der Waals surface area contributed by atoms with E-state index in [1.165, 1.54) is 6.07 Å². The number of nitrogens with zero attached hydrogens (tertiary/aromatic N) is 1. The molecule has 0 aliphatic carbocycles. The van der Waals surface area contributed by atoms with Crippen molar-refractivity contribution in [1.82, 2.24) is 15.6 Å². The van der Waals surface area contributed by atoms with Gasteiger partial charge in [0.05, 0.1) is 24.1 Å². The highest BCUT2D eigenvalue weighted by Gasteiger charge is 2.28. The fraction of sp³-hybridized carbons (Fsp3) is 0.250. The highest BCUT2D eigenvalue weighted by atomic mass is 16.3. The molecule has 3 aromatic rings. The molecule has 3 atom stereocenters. The lowest BCUT2D eigenvalue weighted by Crippen LogP contribution is -2.55. The molecule has 9 nitrogen and oxygen atoms in total. The molecular weight excluding hydrogens is 422 g/mol. The van der Waals surface area contributed by atoms with Crippen LogP contribution in [-0.2, 0) is 16.0 Å². The summed E-state index contributed by atoms with van der Waals surface area (Å²) in [5, 5.41) is 16.4. The fourth-order valence-corrected chi connectivity index (χ4v) is 3.43. The molecule has 1 aromatic heterocycles. The summed E-state index contributed by atoms with van der Waals surface area (Å²) in [5.74, 6) is -2.04. The molecule has 9 heteroatoms. The number of carbonyl (C=O) groups excluding carboxylic acids is 3. The zero-order chi connectivity index (χ0) is 23.8. The first-order chi connectivity index (χ1) is 15.9. The number of nitrogens with one attached hydrogen (secondary N) is 2. The van der Waals surface area contributed by atoms with E-state index < -0.39 is 42.3 Å². The van der Waals surface area contributed by atoms with E-state index in [-0.39, 0.29) is 12.2 Å². The molecule has 0 bridgehead atoms. The molecule has 33 heavy (non-hydrogen) atoms. The van der Waals surface area contributed by atoms with E-state index in [1.807, 2.05) is 42.5 Å². The minimum absolute atomic E-state index is 0.0777. The number of aliphatic hydroxyl groups is 1. The minimum Gasteiger partial charge on any atom is -0.390 e. The van der Waals surface area contributed by atoms with E-state index in [2.05, 4.69) is 15.6 Å². The van der Waals surface area contributed by atoms with Gasteiger partial charge in [0.1, 0.15) is 11.7 Å². The second-order valence-electron chi connectivity index (χ2n) is 7.69. The summed E-state index contributed by atoms with van der Waals surface area (Å²) in [6.45, 7) is -0.0777. The Morgan fingerprint density at radius 2 is 1.64 bits per heavy atom. The number of para-hydroxylation sites is 1. The summed E-state index contributed by atoms with van der Waals surface area (Å²) in [7, 11) is 0. The number of hydrogen-bond donors (Lipinski definition) is 5. The van der Waals surface area contributed by atoms with Crippen molar-refractivity contribution in [3.8, 4) is 0 Å². The van der Waals surface area contributed by atoms with Gasteiger partial charge in [0, 0.05) is 11.9 Å². The molecule has 0 saturated heterocycles. The predicted octanol–water partition coefficient (Wildman–Crippen LogP) is 0.256. The monoisotopic (exact) mass is 449 g/mol. The molecule has 0 spiro atoms. The Morgan fingerprint density at radius 3 is 2.33 bits per heavy atom. The topological polar surface area (TPSA) is 160 Å². The summed E-state index contributed by atoms with van der Waals surface area (Å²) in [4.78, 5) is 41.6. The predicted molar refractivity (Wildman–Crippen MR) is 124 cm³/mol. The zero-order valence-electron chi connectivity index (χ0n) is 18.0. The third kappa shape index (κ3) is 6.58. The minimum atomic E-state index is -1.24. The number of amides is 3. The van der Waals surface area contributed by atoms with Gasteiger partial charge >= 0.3 is 0 Å². The van der Waals surface area contributed by atoms with Crippen molar-refractivity contribution in [2.24, 2.45) is 11.5 Å². The Morgan fingerprint density at radius 1 is 0.939 bits per heavy atom. The van der Waals surface area contributed by atoms with Crippen LogP contribution in [0.5, 0.6) is 0 Å². The SMILES string of the molecule is NC[C@@H](O)[C@H](Cc1ccccc1)NC(=O)[C@H](CC(N)=O)NC(=O)c1ccc2ccccc2n1. The van der Waals surface area contributed by atoms with Gasteiger partial charge in [-0.1, -0.05) is 54.6 Å². The average molecular weight is 450 g/mol. The number of hydrogen-bond acceptors (Lipinski definition) is 6. The molecule has 172 valence electrons. The Kier molecular flexibility index (Phi) is 8.06. The largest absolute Gasteiger partial charge is 0.390 e. The summed E-state index contributed by atoms with van der Waals surface area (Å²) < 4.78 is 0. The van der Waals surface area contributed by atoms with Crippen molar-refractivity contribution in [3.05, 3.63) is 78.0 Å². The molecule has 0 aliphatic rings. The van der Waals surface area contributed by atoms with Crippen LogP contribution >= 0.6 is 0 Å². The number of carbonyl (C=O) groups is 3. The van der Waals surface area contributed by atoms with Crippen LogP contribution in [0, 0.1) is 0 Å². The molecule has 2 aromatic carbocycles. The highest BCUT2D eigenvalue weighted by Crippen LogP contribution is 2.12. The number of aromatic nitrogens is 1. The Bertz CT molecular complexity index is 1120. The molecule has 3 rings (SSSR count). The van der Waals surface area contributed by atoms with Crippen LogP contribution in [0.1, 0.15) is 22.5 Å². The van der Waals surface area contributed by atoms with E-state index in [1.54, 1.807) is 18.2 Å². The van der Waals surface area contributed by atoms with E-state index in [9.17, 15) is 19.5 Å². The summed E-state index contributed by atoms with van der Waals surface area (Å²) in [6.07, 6.45) is -1.13. The third-order valence-electron chi connectivity index (χ3n) is 5.19. The molecule has 3 amide bonds. The number of primary amides is 1. The maximum absolute atomic E-state index is 13.0. The van der Waals surface area contributed by atoms with Crippen LogP contribution in [0.4, 0.5) is 0 Å². The van der Waals surface area contributed by atoms with Gasteiger partial charge in [0.15, 0.2) is 0 Å². The lowest BCUT2D eigenvalue weighted by atomic mass is 10.0. The van der Waals surface area contributed by atoms with Crippen molar-refractivity contribution < 1.29 is 19.5 Å². The second kappa shape index (κ2) is 11.2. The summed E-state index contributed by atoms with van der Waals surface area (Å²) in [6, 6.07) is 17.9. The van der Waals surface area contributed by atoms with Gasteiger partial charge in [-0.15, -0.1) is 0 Å². The number of benzene rings is 2. The molecule has 0 saturated carbocycles. The van der Waals surface area contributed by atoms with Gasteiger partial charge < -0.3 is 27.2 Å². The highest BCUT2D eigenvalue weighted by molar-refractivity contribution is 5.99. The number of pyridine rings is 1. The second-order valence-corrected chi connectivity index (χ2v) is 7.69. The molecule has 0 unspecified atom stereocenters. The van der Waals surface area contributed by atoms with Crippen molar-refractivity contribution in [1.29, 1.82) is 0 Å². The van der Waals surface area contributed by atoms with Gasteiger partial charge in [-0.3, -0.25) is 14.4 Å². The smallest absolute Gasteiger partial charge is 0.270 e. The van der Waals surface area contributed by atoms with E-state index >= 15 is 0 Å².